The molecule has 0 spiro atoms. The summed E-state index contributed by atoms with van der Waals surface area (Å²) in [5.74, 6) is 0.180. The molecule has 0 bridgehead atoms. The lowest BCUT2D eigenvalue weighted by molar-refractivity contribution is 0.401. The molecule has 1 fully saturated rings. The Kier molecular flexibility index (Phi) is 4.69. The topological polar surface area (TPSA) is 95.9 Å². The van der Waals surface area contributed by atoms with Crippen LogP contribution in [0.25, 0.3) is 0 Å². The molecule has 8 heteroatoms. The summed E-state index contributed by atoms with van der Waals surface area (Å²) >= 11 is 0. The molecule has 0 atom stereocenters. The number of hydrogen-bond acceptors (Lipinski definition) is 5. The highest BCUT2D eigenvalue weighted by molar-refractivity contribution is 7.89. The second-order valence-corrected chi connectivity index (χ2v) is 6.57. The van der Waals surface area contributed by atoms with Crippen molar-refractivity contribution in [2.45, 2.75) is 36.6 Å². The Hall–Kier alpha value is -1.09. The summed E-state index contributed by atoms with van der Waals surface area (Å²) in [6, 6.07) is 3.99. The smallest absolute Gasteiger partial charge is 0.488 e. The van der Waals surface area contributed by atoms with Gasteiger partial charge in [0.25, 0.3) is 0 Å². The number of sulfonamides is 1. The lowest BCUT2D eigenvalue weighted by Gasteiger charge is -2.15. The van der Waals surface area contributed by atoms with E-state index in [1.165, 1.54) is 25.3 Å². The molecule has 0 aromatic heterocycles. The van der Waals surface area contributed by atoms with Crippen molar-refractivity contribution >= 4 is 22.6 Å². The van der Waals surface area contributed by atoms with Crippen molar-refractivity contribution in [3.63, 3.8) is 0 Å². The molecule has 110 valence electrons. The van der Waals surface area contributed by atoms with Gasteiger partial charge in [0.2, 0.25) is 10.0 Å². The van der Waals surface area contributed by atoms with E-state index < -0.39 is 17.1 Å². The van der Waals surface area contributed by atoms with E-state index in [4.69, 9.17) is 14.8 Å². The Balaban J connectivity index is 2.35. The van der Waals surface area contributed by atoms with Crippen LogP contribution in [0, 0.1) is 0 Å². The molecule has 0 radical (unpaired) electrons. The number of hydrogen-bond donors (Lipinski definition) is 3. The van der Waals surface area contributed by atoms with Gasteiger partial charge in [-0.05, 0) is 30.4 Å². The third-order valence-electron chi connectivity index (χ3n) is 3.45. The van der Waals surface area contributed by atoms with Gasteiger partial charge in [0.1, 0.15) is 10.6 Å². The largest absolute Gasteiger partial charge is 0.495 e. The van der Waals surface area contributed by atoms with Gasteiger partial charge in [-0.3, -0.25) is 0 Å². The van der Waals surface area contributed by atoms with Crippen LogP contribution in [0.15, 0.2) is 23.1 Å². The molecule has 3 N–H and O–H groups in total. The molecule has 2 rings (SSSR count). The van der Waals surface area contributed by atoms with E-state index in [0.717, 1.165) is 25.7 Å². The first-order valence-corrected chi connectivity index (χ1v) is 7.99. The average Bonchev–Trinajstić information content (AvgIpc) is 2.90. The summed E-state index contributed by atoms with van der Waals surface area (Å²) < 4.78 is 32.5. The quantitative estimate of drug-likeness (QED) is 0.643. The van der Waals surface area contributed by atoms with E-state index in [0.29, 0.717) is 0 Å². The Morgan fingerprint density at radius 1 is 1.30 bits per heavy atom. The van der Waals surface area contributed by atoms with Crippen molar-refractivity contribution in [3.8, 4) is 5.75 Å². The van der Waals surface area contributed by atoms with Gasteiger partial charge in [-0.25, -0.2) is 13.1 Å². The molecule has 0 unspecified atom stereocenters. The molecular formula is C12H18BNO5S. The summed E-state index contributed by atoms with van der Waals surface area (Å²) in [6.07, 6.45) is 3.67. The van der Waals surface area contributed by atoms with E-state index >= 15 is 0 Å². The number of benzene rings is 1. The summed E-state index contributed by atoms with van der Waals surface area (Å²) in [6.45, 7) is 0. The highest BCUT2D eigenvalue weighted by Crippen LogP contribution is 2.25. The first-order valence-electron chi connectivity index (χ1n) is 6.50. The van der Waals surface area contributed by atoms with E-state index in [1.54, 1.807) is 0 Å². The first-order chi connectivity index (χ1) is 9.44. The van der Waals surface area contributed by atoms with Gasteiger partial charge in [0.05, 0.1) is 7.11 Å². The van der Waals surface area contributed by atoms with E-state index in [1.807, 2.05) is 0 Å². The molecule has 20 heavy (non-hydrogen) atoms. The van der Waals surface area contributed by atoms with Crippen LogP contribution in [0.1, 0.15) is 25.7 Å². The SMILES string of the molecule is COc1ccc(B(O)O)cc1S(=O)(=O)NC1CCCC1. The molecule has 1 saturated carbocycles. The van der Waals surface area contributed by atoms with E-state index in [-0.39, 0.29) is 22.1 Å². The third kappa shape index (κ3) is 3.32. The van der Waals surface area contributed by atoms with Crippen LogP contribution in [0.4, 0.5) is 0 Å². The predicted molar refractivity (Wildman–Crippen MR) is 75.4 cm³/mol. The van der Waals surface area contributed by atoms with Crippen LogP contribution in [-0.2, 0) is 10.0 Å². The Morgan fingerprint density at radius 3 is 2.50 bits per heavy atom. The molecule has 1 aliphatic rings. The second-order valence-electron chi connectivity index (χ2n) is 4.89. The molecule has 0 heterocycles. The maximum absolute atomic E-state index is 12.4. The molecule has 6 nitrogen and oxygen atoms in total. The zero-order chi connectivity index (χ0) is 14.8. The fraction of sp³-hybridized carbons (Fsp3) is 0.500. The van der Waals surface area contributed by atoms with Crippen molar-refractivity contribution in [3.05, 3.63) is 18.2 Å². The monoisotopic (exact) mass is 299 g/mol. The number of nitrogens with one attached hydrogen (secondary N) is 1. The van der Waals surface area contributed by atoms with Gasteiger partial charge in [0.15, 0.2) is 0 Å². The van der Waals surface area contributed by atoms with E-state index in [9.17, 15) is 8.42 Å². The minimum absolute atomic E-state index is 0.0626. The van der Waals surface area contributed by atoms with Gasteiger partial charge in [-0.1, -0.05) is 18.9 Å². The number of ether oxygens (including phenoxy) is 1. The minimum atomic E-state index is -3.74. The summed E-state index contributed by atoms with van der Waals surface area (Å²) in [5.41, 5.74) is 0.109. The van der Waals surface area contributed by atoms with Gasteiger partial charge < -0.3 is 14.8 Å². The van der Waals surface area contributed by atoms with Gasteiger partial charge in [0, 0.05) is 6.04 Å². The molecular weight excluding hydrogens is 281 g/mol. The van der Waals surface area contributed by atoms with Crippen molar-refractivity contribution in [1.29, 1.82) is 0 Å². The lowest BCUT2D eigenvalue weighted by atomic mass is 9.80. The minimum Gasteiger partial charge on any atom is -0.495 e. The zero-order valence-electron chi connectivity index (χ0n) is 11.2. The molecule has 1 aromatic carbocycles. The Labute approximate surface area is 119 Å². The fourth-order valence-electron chi connectivity index (χ4n) is 2.39. The highest BCUT2D eigenvalue weighted by Gasteiger charge is 2.27. The number of rotatable bonds is 5. The Bertz CT molecular complexity index is 569. The lowest BCUT2D eigenvalue weighted by Crippen LogP contribution is -2.35. The number of methoxy groups -OCH3 is 1. The average molecular weight is 299 g/mol. The van der Waals surface area contributed by atoms with E-state index in [2.05, 4.69) is 4.72 Å². The van der Waals surface area contributed by atoms with Crippen LogP contribution < -0.4 is 14.9 Å². The zero-order valence-corrected chi connectivity index (χ0v) is 12.1. The van der Waals surface area contributed by atoms with Crippen LogP contribution in [0.3, 0.4) is 0 Å². The van der Waals surface area contributed by atoms with Crippen LogP contribution in [0.5, 0.6) is 5.75 Å². The summed E-state index contributed by atoms with van der Waals surface area (Å²) in [5, 5.41) is 18.3. The predicted octanol–water partition coefficient (Wildman–Crippen LogP) is -0.404. The second kappa shape index (κ2) is 6.13. The van der Waals surface area contributed by atoms with Gasteiger partial charge in [-0.15, -0.1) is 0 Å². The summed E-state index contributed by atoms with van der Waals surface area (Å²) in [7, 11) is -4.09. The first kappa shape index (κ1) is 15.3. The third-order valence-corrected chi connectivity index (χ3v) is 4.99. The van der Waals surface area contributed by atoms with Crippen molar-refractivity contribution < 1.29 is 23.2 Å². The maximum atomic E-state index is 12.4. The van der Waals surface area contributed by atoms with Gasteiger partial charge in [-0.2, -0.15) is 0 Å². The fourth-order valence-corrected chi connectivity index (χ4v) is 3.90. The maximum Gasteiger partial charge on any atom is 0.488 e. The molecule has 0 aliphatic heterocycles. The normalized spacial score (nSPS) is 16.4. The van der Waals surface area contributed by atoms with Crippen LogP contribution >= 0.6 is 0 Å². The molecule has 0 saturated heterocycles. The van der Waals surface area contributed by atoms with Gasteiger partial charge >= 0.3 is 7.12 Å². The highest BCUT2D eigenvalue weighted by atomic mass is 32.2. The van der Waals surface area contributed by atoms with Crippen molar-refractivity contribution in [1.82, 2.24) is 4.72 Å². The van der Waals surface area contributed by atoms with Crippen molar-refractivity contribution in [2.75, 3.05) is 7.11 Å². The van der Waals surface area contributed by atoms with Crippen LogP contribution in [-0.4, -0.2) is 38.7 Å². The molecule has 0 amide bonds. The summed E-state index contributed by atoms with van der Waals surface area (Å²) in [4.78, 5) is -0.0718. The van der Waals surface area contributed by atoms with Crippen LogP contribution in [0.2, 0.25) is 0 Å². The molecule has 1 aliphatic carbocycles. The molecule has 1 aromatic rings. The van der Waals surface area contributed by atoms with Crippen molar-refractivity contribution in [2.24, 2.45) is 0 Å². The standard InChI is InChI=1S/C12H18BNO5S/c1-19-11-7-6-9(13(15)16)8-12(11)20(17,18)14-10-4-2-3-5-10/h6-8,10,14-16H,2-5H2,1H3. The Morgan fingerprint density at radius 2 is 1.95 bits per heavy atom.